The molecule has 1 saturated heterocycles. The largest absolute Gasteiger partial charge is 0.417 e. The molecule has 1 atom stereocenters. The van der Waals surface area contributed by atoms with E-state index >= 15 is 0 Å². The first-order valence-electron chi connectivity index (χ1n) is 9.17. The van der Waals surface area contributed by atoms with E-state index in [2.05, 4.69) is 10.3 Å². The fourth-order valence-corrected chi connectivity index (χ4v) is 3.81. The number of halogens is 4. The number of nitrogens with zero attached hydrogens (tertiary/aromatic N) is 3. The third kappa shape index (κ3) is 3.70. The van der Waals surface area contributed by atoms with E-state index in [0.29, 0.717) is 43.7 Å². The number of fused-ring (bicyclic) bond motifs is 3. The average molecular weight is 417 g/mol. The van der Waals surface area contributed by atoms with E-state index in [1.54, 1.807) is 9.47 Å². The molecule has 0 aromatic carbocycles. The predicted octanol–water partition coefficient (Wildman–Crippen LogP) is 2.82. The molecule has 4 rings (SSSR count). The smallest absolute Gasteiger partial charge is 0.379 e. The van der Waals surface area contributed by atoms with Crippen molar-refractivity contribution in [1.82, 2.24) is 19.8 Å². The van der Waals surface area contributed by atoms with Crippen molar-refractivity contribution in [3.63, 3.8) is 0 Å². The van der Waals surface area contributed by atoms with E-state index in [1.165, 1.54) is 0 Å². The van der Waals surface area contributed by atoms with Gasteiger partial charge in [-0.3, -0.25) is 4.79 Å². The fraction of sp³-hybridized carbons (Fsp3) is 0.556. The minimum atomic E-state index is -4.48. The Morgan fingerprint density at radius 1 is 1.39 bits per heavy atom. The monoisotopic (exact) mass is 416 g/mol. The molecule has 2 aliphatic rings. The van der Waals surface area contributed by atoms with Crippen LogP contribution in [-0.2, 0) is 28.8 Å². The number of rotatable bonds is 5. The lowest BCUT2D eigenvalue weighted by atomic mass is 10.1. The minimum Gasteiger partial charge on any atom is -0.379 e. The Kier molecular flexibility index (Phi) is 5.24. The Labute approximate surface area is 164 Å². The second-order valence-corrected chi connectivity index (χ2v) is 7.46. The van der Waals surface area contributed by atoms with Gasteiger partial charge in [-0.2, -0.15) is 13.2 Å². The molecule has 152 valence electrons. The summed E-state index contributed by atoms with van der Waals surface area (Å²) in [5, 5.41) is 3.71. The number of hydrogen-bond donors (Lipinski definition) is 1. The van der Waals surface area contributed by atoms with Gasteiger partial charge < -0.3 is 19.5 Å². The summed E-state index contributed by atoms with van der Waals surface area (Å²) in [4.78, 5) is 18.1. The lowest BCUT2D eigenvalue weighted by Crippen LogP contribution is -2.46. The van der Waals surface area contributed by atoms with Gasteiger partial charge >= 0.3 is 6.18 Å². The molecule has 0 aliphatic carbocycles. The molecule has 1 amide bonds. The molecule has 0 spiro atoms. The highest BCUT2D eigenvalue weighted by molar-refractivity contribution is 6.36. The van der Waals surface area contributed by atoms with Crippen molar-refractivity contribution >= 4 is 28.5 Å². The van der Waals surface area contributed by atoms with Gasteiger partial charge in [0, 0.05) is 30.7 Å². The van der Waals surface area contributed by atoms with Gasteiger partial charge in [0.25, 0.3) is 0 Å². The molecule has 2 aliphatic heterocycles. The van der Waals surface area contributed by atoms with Crippen molar-refractivity contribution in [2.75, 3.05) is 26.3 Å². The van der Waals surface area contributed by atoms with Crippen LogP contribution in [0.3, 0.4) is 0 Å². The Morgan fingerprint density at radius 2 is 2.18 bits per heavy atom. The Hall–Kier alpha value is -1.84. The van der Waals surface area contributed by atoms with Gasteiger partial charge in [-0.1, -0.05) is 11.6 Å². The number of aromatic nitrogens is 2. The summed E-state index contributed by atoms with van der Waals surface area (Å²) in [7, 11) is 0. The van der Waals surface area contributed by atoms with Crippen LogP contribution in [0, 0.1) is 0 Å². The molecule has 1 unspecified atom stereocenters. The maximum Gasteiger partial charge on any atom is 0.417 e. The standard InChI is InChI=1S/C18H20ClF3N4O2/c19-16-13-7-11(18(20,21)22)8-24-17(13)26-5-4-25(9-14(16)26)15(27)2-6-28-10-12-1-3-23-12/h7-8,12,23H,1-6,9-10H2. The van der Waals surface area contributed by atoms with Crippen molar-refractivity contribution in [2.45, 2.75) is 38.1 Å². The molecule has 28 heavy (non-hydrogen) atoms. The Balaban J connectivity index is 1.44. The SMILES string of the molecule is O=C(CCOCC1CCN1)N1CCn2c(c(Cl)c3cc(C(F)(F)F)cnc32)C1. The van der Waals surface area contributed by atoms with Crippen LogP contribution in [0.25, 0.3) is 11.0 Å². The topological polar surface area (TPSA) is 59.4 Å². The predicted molar refractivity (Wildman–Crippen MR) is 97.0 cm³/mol. The number of hydrogen-bond acceptors (Lipinski definition) is 4. The molecule has 2 aromatic rings. The number of amides is 1. The average Bonchev–Trinajstić information content (AvgIpc) is 2.91. The lowest BCUT2D eigenvalue weighted by molar-refractivity contribution is -0.137. The van der Waals surface area contributed by atoms with Gasteiger partial charge in [-0.05, 0) is 19.0 Å². The van der Waals surface area contributed by atoms with Crippen LogP contribution >= 0.6 is 11.6 Å². The molecule has 2 aromatic heterocycles. The number of nitrogens with one attached hydrogen (secondary N) is 1. The fourth-order valence-electron chi connectivity index (χ4n) is 3.51. The molecular weight excluding hydrogens is 397 g/mol. The summed E-state index contributed by atoms with van der Waals surface area (Å²) >= 11 is 6.35. The van der Waals surface area contributed by atoms with Gasteiger partial charge in [0.05, 0.1) is 42.5 Å². The van der Waals surface area contributed by atoms with Gasteiger partial charge in [-0.15, -0.1) is 0 Å². The molecular formula is C18H20ClF3N4O2. The maximum atomic E-state index is 13.0. The van der Waals surface area contributed by atoms with Gasteiger partial charge in [-0.25, -0.2) is 4.98 Å². The first-order valence-corrected chi connectivity index (χ1v) is 9.55. The second-order valence-electron chi connectivity index (χ2n) is 7.09. The molecule has 0 saturated carbocycles. The third-order valence-corrected chi connectivity index (χ3v) is 5.68. The van der Waals surface area contributed by atoms with Crippen molar-refractivity contribution in [2.24, 2.45) is 0 Å². The number of alkyl halides is 3. The summed E-state index contributed by atoms with van der Waals surface area (Å²) in [6, 6.07) is 1.40. The van der Waals surface area contributed by atoms with E-state index in [1.807, 2.05) is 0 Å². The molecule has 0 radical (unpaired) electrons. The van der Waals surface area contributed by atoms with Crippen LogP contribution in [0.4, 0.5) is 13.2 Å². The zero-order chi connectivity index (χ0) is 19.9. The van der Waals surface area contributed by atoms with E-state index in [9.17, 15) is 18.0 Å². The molecule has 0 bridgehead atoms. The van der Waals surface area contributed by atoms with Crippen LogP contribution in [-0.4, -0.2) is 52.7 Å². The summed E-state index contributed by atoms with van der Waals surface area (Å²) in [6.45, 7) is 3.10. The van der Waals surface area contributed by atoms with Crippen LogP contribution < -0.4 is 5.32 Å². The normalized spacial score (nSPS) is 19.6. The van der Waals surface area contributed by atoms with Crippen molar-refractivity contribution < 1.29 is 22.7 Å². The first kappa shape index (κ1) is 19.5. The first-order chi connectivity index (χ1) is 13.3. The van der Waals surface area contributed by atoms with Crippen LogP contribution in [0.1, 0.15) is 24.1 Å². The van der Waals surface area contributed by atoms with E-state index in [-0.39, 0.29) is 29.3 Å². The van der Waals surface area contributed by atoms with Crippen molar-refractivity contribution in [1.29, 1.82) is 0 Å². The Morgan fingerprint density at radius 3 is 2.86 bits per heavy atom. The third-order valence-electron chi connectivity index (χ3n) is 5.26. The number of pyridine rings is 1. The van der Waals surface area contributed by atoms with Crippen LogP contribution in [0.15, 0.2) is 12.3 Å². The highest BCUT2D eigenvalue weighted by Gasteiger charge is 2.33. The molecule has 4 heterocycles. The van der Waals surface area contributed by atoms with Gasteiger partial charge in [0.2, 0.25) is 5.91 Å². The van der Waals surface area contributed by atoms with Gasteiger partial charge in [0.1, 0.15) is 5.65 Å². The molecule has 1 N–H and O–H groups in total. The number of ether oxygens (including phenoxy) is 1. The van der Waals surface area contributed by atoms with E-state index < -0.39 is 11.7 Å². The highest BCUT2D eigenvalue weighted by atomic mass is 35.5. The van der Waals surface area contributed by atoms with Crippen LogP contribution in [0.5, 0.6) is 0 Å². The van der Waals surface area contributed by atoms with Crippen LogP contribution in [0.2, 0.25) is 5.02 Å². The summed E-state index contributed by atoms with van der Waals surface area (Å²) in [6.07, 6.45) is -2.31. The minimum absolute atomic E-state index is 0.0573. The quantitative estimate of drug-likeness (QED) is 0.761. The van der Waals surface area contributed by atoms with E-state index in [4.69, 9.17) is 16.3 Å². The summed E-state index contributed by atoms with van der Waals surface area (Å²) in [5.41, 5.74) is 0.190. The zero-order valence-corrected chi connectivity index (χ0v) is 15.8. The zero-order valence-electron chi connectivity index (χ0n) is 15.1. The van der Waals surface area contributed by atoms with Crippen molar-refractivity contribution in [3.8, 4) is 0 Å². The van der Waals surface area contributed by atoms with E-state index in [0.717, 1.165) is 25.2 Å². The Bertz CT molecular complexity index is 895. The molecule has 1 fully saturated rings. The molecule has 10 heteroatoms. The van der Waals surface area contributed by atoms with Gasteiger partial charge in [0.15, 0.2) is 0 Å². The number of carbonyl (C=O) groups is 1. The summed E-state index contributed by atoms with van der Waals surface area (Å²) in [5.74, 6) is -0.0573. The number of carbonyl (C=O) groups excluding carboxylic acids is 1. The van der Waals surface area contributed by atoms with Crippen molar-refractivity contribution in [3.05, 3.63) is 28.5 Å². The molecule has 6 nitrogen and oxygen atoms in total. The highest BCUT2D eigenvalue weighted by Crippen LogP contribution is 2.36. The maximum absolute atomic E-state index is 13.0. The summed E-state index contributed by atoms with van der Waals surface area (Å²) < 4.78 is 46.2. The second kappa shape index (κ2) is 7.53. The lowest BCUT2D eigenvalue weighted by Gasteiger charge is -2.29.